The van der Waals surface area contributed by atoms with E-state index in [1.165, 1.54) is 6.07 Å². The third-order valence-corrected chi connectivity index (χ3v) is 4.63. The molecule has 7 heteroatoms. The fourth-order valence-corrected chi connectivity index (χ4v) is 2.72. The molecule has 0 bridgehead atoms. The highest BCUT2D eigenvalue weighted by molar-refractivity contribution is 5.93. The molecule has 2 rings (SSSR count). The molecular formula is C20H25F2N2O3+. The molecule has 0 aliphatic carbocycles. The number of carbonyl (C=O) groups is 1. The molecule has 0 aliphatic heterocycles. The van der Waals surface area contributed by atoms with Crippen LogP contribution in [0.15, 0.2) is 30.3 Å². The second-order valence-electron chi connectivity index (χ2n) is 6.49. The molecule has 2 atom stereocenters. The highest BCUT2D eigenvalue weighted by Crippen LogP contribution is 2.29. The summed E-state index contributed by atoms with van der Waals surface area (Å²) in [5, 5.41) is 2.51. The van der Waals surface area contributed by atoms with Gasteiger partial charge in [-0.15, -0.1) is 0 Å². The first-order chi connectivity index (χ1) is 12.8. The average molecular weight is 379 g/mol. The van der Waals surface area contributed by atoms with Crippen LogP contribution in [0.1, 0.15) is 18.1 Å². The Morgan fingerprint density at radius 2 is 1.78 bits per heavy atom. The maximum atomic E-state index is 13.7. The van der Waals surface area contributed by atoms with E-state index in [9.17, 15) is 13.6 Å². The zero-order valence-electron chi connectivity index (χ0n) is 16.2. The smallest absolute Gasteiger partial charge is 0.282 e. The minimum absolute atomic E-state index is 0.0386. The fraction of sp³-hybridized carbons (Fsp3) is 0.350. The second kappa shape index (κ2) is 8.81. The minimum atomic E-state index is -0.802. The number of likely N-dealkylation sites (N-methyl/N-ethyl adjacent to an activating group) is 1. The Hall–Kier alpha value is -2.67. The number of nitrogens with one attached hydrogen (secondary N) is 2. The SMILES string of the molecule is COc1cc(C)c(C[NH+](C)[C@@H](C)C(=O)Nc2ccc(F)cc2F)cc1OC. The number of amides is 1. The molecule has 0 aliphatic rings. The van der Waals surface area contributed by atoms with Crippen LogP contribution in [0.3, 0.4) is 0 Å². The third kappa shape index (κ3) is 4.95. The van der Waals surface area contributed by atoms with Crippen molar-refractivity contribution in [3.05, 3.63) is 53.1 Å². The Bertz CT molecular complexity index is 827. The van der Waals surface area contributed by atoms with Gasteiger partial charge in [0.2, 0.25) is 0 Å². The molecule has 0 spiro atoms. The summed E-state index contributed by atoms with van der Waals surface area (Å²) in [6.45, 7) is 4.28. The van der Waals surface area contributed by atoms with E-state index < -0.39 is 17.7 Å². The molecule has 2 N–H and O–H groups in total. The van der Waals surface area contributed by atoms with Crippen molar-refractivity contribution in [3.8, 4) is 11.5 Å². The van der Waals surface area contributed by atoms with Gasteiger partial charge in [0.15, 0.2) is 17.5 Å². The molecule has 146 valence electrons. The second-order valence-corrected chi connectivity index (χ2v) is 6.49. The summed E-state index contributed by atoms with van der Waals surface area (Å²) >= 11 is 0. The lowest BCUT2D eigenvalue weighted by molar-refractivity contribution is -0.907. The van der Waals surface area contributed by atoms with Crippen molar-refractivity contribution in [2.75, 3.05) is 26.6 Å². The van der Waals surface area contributed by atoms with Crippen molar-refractivity contribution < 1.29 is 27.9 Å². The van der Waals surface area contributed by atoms with Crippen LogP contribution >= 0.6 is 0 Å². The Morgan fingerprint density at radius 3 is 2.37 bits per heavy atom. The molecule has 2 aromatic carbocycles. The maximum absolute atomic E-state index is 13.7. The summed E-state index contributed by atoms with van der Waals surface area (Å²) in [6.07, 6.45) is 0. The Kier molecular flexibility index (Phi) is 6.74. The lowest BCUT2D eigenvalue weighted by Gasteiger charge is -2.22. The predicted molar refractivity (Wildman–Crippen MR) is 99.3 cm³/mol. The molecule has 5 nitrogen and oxygen atoms in total. The zero-order chi connectivity index (χ0) is 20.1. The predicted octanol–water partition coefficient (Wildman–Crippen LogP) is 2.33. The van der Waals surface area contributed by atoms with E-state index in [-0.39, 0.29) is 11.6 Å². The number of carbonyl (C=O) groups excluding carboxylic acids is 1. The first-order valence-corrected chi connectivity index (χ1v) is 8.56. The highest BCUT2D eigenvalue weighted by Gasteiger charge is 2.24. The highest BCUT2D eigenvalue weighted by atomic mass is 19.1. The van der Waals surface area contributed by atoms with Crippen molar-refractivity contribution >= 4 is 11.6 Å². The van der Waals surface area contributed by atoms with Gasteiger partial charge in [-0.3, -0.25) is 4.79 Å². The number of ether oxygens (including phenoxy) is 2. The Morgan fingerprint density at radius 1 is 1.15 bits per heavy atom. The van der Waals surface area contributed by atoms with E-state index in [0.717, 1.165) is 28.2 Å². The molecule has 0 saturated heterocycles. The molecule has 2 aromatic rings. The number of anilines is 1. The van der Waals surface area contributed by atoms with Gasteiger partial charge in [0.1, 0.15) is 18.2 Å². The van der Waals surface area contributed by atoms with Gasteiger partial charge in [0.05, 0.1) is 27.0 Å². The van der Waals surface area contributed by atoms with Gasteiger partial charge < -0.3 is 19.7 Å². The van der Waals surface area contributed by atoms with Crippen LogP contribution in [-0.4, -0.2) is 33.2 Å². The quantitative estimate of drug-likeness (QED) is 0.777. The van der Waals surface area contributed by atoms with Crippen molar-refractivity contribution in [1.82, 2.24) is 0 Å². The number of hydrogen-bond donors (Lipinski definition) is 2. The molecular weight excluding hydrogens is 354 g/mol. The van der Waals surface area contributed by atoms with E-state index in [4.69, 9.17) is 9.47 Å². The van der Waals surface area contributed by atoms with E-state index in [1.807, 2.05) is 26.1 Å². The van der Waals surface area contributed by atoms with Crippen LogP contribution in [0.5, 0.6) is 11.5 Å². The summed E-state index contributed by atoms with van der Waals surface area (Å²) in [5.74, 6) is -0.573. The van der Waals surface area contributed by atoms with Crippen LogP contribution in [0.4, 0.5) is 14.5 Å². The molecule has 0 aromatic heterocycles. The standard InChI is InChI=1S/C20H24F2N2O3/c1-12-8-18(26-4)19(27-5)9-14(12)11-24(3)13(2)20(25)23-17-7-6-15(21)10-16(17)22/h6-10,13H,11H2,1-5H3,(H,23,25)/p+1/t13-/m0/s1. The topological polar surface area (TPSA) is 52.0 Å². The monoisotopic (exact) mass is 379 g/mol. The number of hydrogen-bond acceptors (Lipinski definition) is 3. The van der Waals surface area contributed by atoms with Gasteiger partial charge in [-0.25, -0.2) is 8.78 Å². The summed E-state index contributed by atoms with van der Waals surface area (Å²) in [7, 11) is 5.03. The third-order valence-electron chi connectivity index (χ3n) is 4.63. The largest absolute Gasteiger partial charge is 0.493 e. The first kappa shape index (κ1) is 20.6. The van der Waals surface area contributed by atoms with Crippen molar-refractivity contribution in [3.63, 3.8) is 0 Å². The lowest BCUT2D eigenvalue weighted by atomic mass is 10.1. The summed E-state index contributed by atoms with van der Waals surface area (Å²) in [5.41, 5.74) is 1.99. The van der Waals surface area contributed by atoms with E-state index >= 15 is 0 Å². The van der Waals surface area contributed by atoms with Crippen LogP contribution in [0.2, 0.25) is 0 Å². The van der Waals surface area contributed by atoms with Crippen LogP contribution in [0.25, 0.3) is 0 Å². The maximum Gasteiger partial charge on any atom is 0.282 e. The number of halogens is 2. The van der Waals surface area contributed by atoms with Gasteiger partial charge >= 0.3 is 0 Å². The van der Waals surface area contributed by atoms with Crippen LogP contribution in [0, 0.1) is 18.6 Å². The zero-order valence-corrected chi connectivity index (χ0v) is 16.2. The molecule has 1 amide bonds. The molecule has 0 saturated carbocycles. The average Bonchev–Trinajstić information content (AvgIpc) is 2.64. The van der Waals surface area contributed by atoms with E-state index in [2.05, 4.69) is 5.32 Å². The van der Waals surface area contributed by atoms with Gasteiger partial charge in [0, 0.05) is 11.6 Å². The number of quaternary nitrogens is 1. The molecule has 1 unspecified atom stereocenters. The first-order valence-electron chi connectivity index (χ1n) is 8.56. The lowest BCUT2D eigenvalue weighted by Crippen LogP contribution is -3.12. The molecule has 0 heterocycles. The van der Waals surface area contributed by atoms with Gasteiger partial charge in [-0.05, 0) is 43.7 Å². The molecule has 0 radical (unpaired) electrons. The van der Waals surface area contributed by atoms with Gasteiger partial charge in [-0.1, -0.05) is 0 Å². The van der Waals surface area contributed by atoms with Gasteiger partial charge in [-0.2, -0.15) is 0 Å². The number of aryl methyl sites for hydroxylation is 1. The Balaban J connectivity index is 2.10. The minimum Gasteiger partial charge on any atom is -0.493 e. The molecule has 0 fully saturated rings. The van der Waals surface area contributed by atoms with Crippen molar-refractivity contribution in [1.29, 1.82) is 0 Å². The van der Waals surface area contributed by atoms with Crippen molar-refractivity contribution in [2.24, 2.45) is 0 Å². The number of methoxy groups -OCH3 is 2. The Labute approximate surface area is 157 Å². The number of benzene rings is 2. The summed E-state index contributed by atoms with van der Waals surface area (Å²) in [4.78, 5) is 13.4. The summed E-state index contributed by atoms with van der Waals surface area (Å²) < 4.78 is 37.4. The van der Waals surface area contributed by atoms with E-state index in [0.29, 0.717) is 18.0 Å². The number of rotatable bonds is 7. The van der Waals surface area contributed by atoms with Crippen molar-refractivity contribution in [2.45, 2.75) is 26.4 Å². The summed E-state index contributed by atoms with van der Waals surface area (Å²) in [6, 6.07) is 6.38. The normalized spacial score (nSPS) is 13.0. The molecule has 27 heavy (non-hydrogen) atoms. The van der Waals surface area contributed by atoms with Crippen LogP contribution < -0.4 is 19.7 Å². The van der Waals surface area contributed by atoms with Crippen LogP contribution in [-0.2, 0) is 11.3 Å². The van der Waals surface area contributed by atoms with Gasteiger partial charge in [0.25, 0.3) is 5.91 Å². The fourth-order valence-electron chi connectivity index (χ4n) is 2.72. The van der Waals surface area contributed by atoms with E-state index in [1.54, 1.807) is 21.1 Å².